The molecule has 1 heterocycles. The molecule has 0 bridgehead atoms. The summed E-state index contributed by atoms with van der Waals surface area (Å²) in [5, 5.41) is 0. The Morgan fingerprint density at radius 1 is 1.17 bits per heavy atom. The minimum Gasteiger partial charge on any atom is -0.329 e. The van der Waals surface area contributed by atoms with Gasteiger partial charge in [0.2, 0.25) is 0 Å². The number of piperidine rings is 1. The summed E-state index contributed by atoms with van der Waals surface area (Å²) < 4.78 is 0. The second kappa shape index (κ2) is 5.02. The molecule has 1 atom stereocenters. The van der Waals surface area contributed by atoms with Crippen LogP contribution >= 0.6 is 0 Å². The molecule has 18 heavy (non-hydrogen) atoms. The molecule has 0 saturated carbocycles. The number of fused-ring (bicyclic) bond motifs is 2. The average molecular weight is 244 g/mol. The molecule has 1 unspecified atom stereocenters. The van der Waals surface area contributed by atoms with E-state index in [1.54, 1.807) is 11.1 Å². The van der Waals surface area contributed by atoms with Crippen LogP contribution in [0.15, 0.2) is 24.3 Å². The predicted molar refractivity (Wildman–Crippen MR) is 75.8 cm³/mol. The summed E-state index contributed by atoms with van der Waals surface area (Å²) in [6.45, 7) is 4.31. The number of nitrogens with two attached hydrogens (primary N) is 1. The predicted octanol–water partition coefficient (Wildman–Crippen LogP) is 2.32. The molecule has 1 aromatic carbocycles. The fraction of sp³-hybridized carbons (Fsp3) is 0.625. The first kappa shape index (κ1) is 12.2. The van der Waals surface area contributed by atoms with Gasteiger partial charge in [-0.1, -0.05) is 24.3 Å². The third-order valence-electron chi connectivity index (χ3n) is 4.79. The zero-order valence-electron chi connectivity index (χ0n) is 11.2. The molecule has 2 N–H and O–H groups in total. The Morgan fingerprint density at radius 3 is 2.89 bits per heavy atom. The van der Waals surface area contributed by atoms with Crippen molar-refractivity contribution in [1.29, 1.82) is 0 Å². The van der Waals surface area contributed by atoms with Crippen molar-refractivity contribution in [3.05, 3.63) is 35.4 Å². The number of hydrogen-bond donors (Lipinski definition) is 1. The van der Waals surface area contributed by atoms with Crippen molar-refractivity contribution >= 4 is 0 Å². The van der Waals surface area contributed by atoms with Crippen molar-refractivity contribution in [2.45, 2.75) is 37.5 Å². The van der Waals surface area contributed by atoms with Gasteiger partial charge in [-0.25, -0.2) is 0 Å². The topological polar surface area (TPSA) is 29.3 Å². The highest BCUT2D eigenvalue weighted by Gasteiger charge is 2.39. The highest BCUT2D eigenvalue weighted by Crippen LogP contribution is 2.43. The van der Waals surface area contributed by atoms with Gasteiger partial charge in [-0.2, -0.15) is 0 Å². The van der Waals surface area contributed by atoms with Crippen LogP contribution in [-0.2, 0) is 11.8 Å². The number of benzene rings is 1. The van der Waals surface area contributed by atoms with E-state index in [4.69, 9.17) is 5.73 Å². The van der Waals surface area contributed by atoms with Crippen molar-refractivity contribution in [3.63, 3.8) is 0 Å². The Labute approximate surface area is 110 Å². The van der Waals surface area contributed by atoms with Gasteiger partial charge in [0.1, 0.15) is 0 Å². The van der Waals surface area contributed by atoms with E-state index < -0.39 is 0 Å². The molecule has 0 aromatic heterocycles. The maximum atomic E-state index is 5.73. The van der Waals surface area contributed by atoms with E-state index in [2.05, 4.69) is 29.2 Å². The van der Waals surface area contributed by atoms with Gasteiger partial charge < -0.3 is 10.6 Å². The van der Waals surface area contributed by atoms with E-state index in [1.165, 1.54) is 45.2 Å². The molecule has 1 aliphatic heterocycles. The van der Waals surface area contributed by atoms with Crippen LogP contribution in [0, 0.1) is 0 Å². The Balaban J connectivity index is 1.90. The normalized spacial score (nSPS) is 28.3. The van der Waals surface area contributed by atoms with Crippen molar-refractivity contribution in [2.75, 3.05) is 26.2 Å². The maximum Gasteiger partial charge on any atom is 0.0105 e. The second-order valence-electron chi connectivity index (χ2n) is 5.96. The number of nitrogens with zero attached hydrogens (tertiary/aromatic N) is 1. The van der Waals surface area contributed by atoms with Crippen molar-refractivity contribution < 1.29 is 0 Å². The summed E-state index contributed by atoms with van der Waals surface area (Å²) in [6.07, 6.45) is 6.69. The van der Waals surface area contributed by atoms with Crippen LogP contribution in [0.25, 0.3) is 0 Å². The van der Waals surface area contributed by atoms with Crippen molar-refractivity contribution in [1.82, 2.24) is 4.90 Å². The Morgan fingerprint density at radius 2 is 2.00 bits per heavy atom. The van der Waals surface area contributed by atoms with E-state index in [9.17, 15) is 0 Å². The minimum absolute atomic E-state index is 0.433. The SMILES string of the molecule is NCCN1CCCC2(CCCc3ccccc32)C1. The Bertz CT molecular complexity index is 413. The van der Waals surface area contributed by atoms with Crippen molar-refractivity contribution in [3.8, 4) is 0 Å². The monoisotopic (exact) mass is 244 g/mol. The smallest absolute Gasteiger partial charge is 0.0105 e. The minimum atomic E-state index is 0.433. The highest BCUT2D eigenvalue weighted by atomic mass is 15.1. The van der Waals surface area contributed by atoms with Gasteiger partial charge in [-0.3, -0.25) is 0 Å². The number of hydrogen-bond acceptors (Lipinski definition) is 2. The van der Waals surface area contributed by atoms with Gasteiger partial charge in [0.05, 0.1) is 0 Å². The van der Waals surface area contributed by atoms with Crippen LogP contribution in [0.1, 0.15) is 36.8 Å². The van der Waals surface area contributed by atoms with E-state index in [1.807, 2.05) is 0 Å². The third kappa shape index (κ3) is 2.08. The van der Waals surface area contributed by atoms with Crippen LogP contribution in [0.2, 0.25) is 0 Å². The summed E-state index contributed by atoms with van der Waals surface area (Å²) in [7, 11) is 0. The average Bonchev–Trinajstić information content (AvgIpc) is 2.40. The van der Waals surface area contributed by atoms with E-state index in [-0.39, 0.29) is 0 Å². The Kier molecular flexibility index (Phi) is 3.40. The van der Waals surface area contributed by atoms with Crippen LogP contribution in [-0.4, -0.2) is 31.1 Å². The standard InChI is InChI=1S/C16H24N2/c17-10-12-18-11-4-9-16(13-18)8-3-6-14-5-1-2-7-15(14)16/h1-2,5,7H,3-4,6,8-13,17H2. The zero-order valence-corrected chi connectivity index (χ0v) is 11.2. The second-order valence-corrected chi connectivity index (χ2v) is 5.96. The molecular formula is C16H24N2. The van der Waals surface area contributed by atoms with E-state index >= 15 is 0 Å². The quantitative estimate of drug-likeness (QED) is 0.865. The van der Waals surface area contributed by atoms with Gasteiger partial charge in [0.25, 0.3) is 0 Å². The van der Waals surface area contributed by atoms with Gasteiger partial charge in [0, 0.05) is 25.0 Å². The Hall–Kier alpha value is -0.860. The number of rotatable bonds is 2. The lowest BCUT2D eigenvalue weighted by atomic mass is 9.66. The van der Waals surface area contributed by atoms with E-state index in [0.29, 0.717) is 5.41 Å². The molecule has 2 nitrogen and oxygen atoms in total. The zero-order chi connectivity index (χ0) is 12.4. The number of likely N-dealkylation sites (tertiary alicyclic amines) is 1. The first-order valence-electron chi connectivity index (χ1n) is 7.35. The summed E-state index contributed by atoms with van der Waals surface area (Å²) in [6, 6.07) is 9.12. The highest BCUT2D eigenvalue weighted by molar-refractivity contribution is 5.37. The molecular weight excluding hydrogens is 220 g/mol. The maximum absolute atomic E-state index is 5.73. The molecule has 2 aliphatic rings. The van der Waals surface area contributed by atoms with Crippen LogP contribution in [0.4, 0.5) is 0 Å². The molecule has 1 spiro atoms. The summed E-state index contributed by atoms with van der Waals surface area (Å²) in [5.74, 6) is 0. The molecule has 1 aliphatic carbocycles. The largest absolute Gasteiger partial charge is 0.329 e. The van der Waals surface area contributed by atoms with Crippen LogP contribution < -0.4 is 5.73 Å². The van der Waals surface area contributed by atoms with Gasteiger partial charge in [-0.15, -0.1) is 0 Å². The molecule has 3 rings (SSSR count). The molecule has 98 valence electrons. The first-order chi connectivity index (χ1) is 8.84. The van der Waals surface area contributed by atoms with E-state index in [0.717, 1.165) is 13.1 Å². The third-order valence-corrected chi connectivity index (χ3v) is 4.79. The van der Waals surface area contributed by atoms with Crippen LogP contribution in [0.5, 0.6) is 0 Å². The summed E-state index contributed by atoms with van der Waals surface area (Å²) in [5.41, 5.74) is 9.40. The van der Waals surface area contributed by atoms with Crippen molar-refractivity contribution in [2.24, 2.45) is 5.73 Å². The number of aryl methyl sites for hydroxylation is 1. The summed E-state index contributed by atoms with van der Waals surface area (Å²) in [4.78, 5) is 2.58. The lowest BCUT2D eigenvalue weighted by Gasteiger charge is -2.46. The molecule has 1 aromatic rings. The molecule has 0 amide bonds. The van der Waals surface area contributed by atoms with Gasteiger partial charge in [0.15, 0.2) is 0 Å². The van der Waals surface area contributed by atoms with Gasteiger partial charge >= 0.3 is 0 Å². The first-order valence-corrected chi connectivity index (χ1v) is 7.35. The molecule has 1 saturated heterocycles. The lowest BCUT2D eigenvalue weighted by molar-refractivity contribution is 0.135. The summed E-state index contributed by atoms with van der Waals surface area (Å²) >= 11 is 0. The lowest BCUT2D eigenvalue weighted by Crippen LogP contribution is -2.48. The van der Waals surface area contributed by atoms with Crippen LogP contribution in [0.3, 0.4) is 0 Å². The molecule has 2 heteroatoms. The fourth-order valence-electron chi connectivity index (χ4n) is 4.03. The van der Waals surface area contributed by atoms with Gasteiger partial charge in [-0.05, 0) is 49.8 Å². The fourth-order valence-corrected chi connectivity index (χ4v) is 4.03. The molecule has 1 fully saturated rings. The molecule has 0 radical (unpaired) electrons.